The fraction of sp³-hybridized carbons (Fsp3) is 0.353. The molecule has 0 radical (unpaired) electrons. The summed E-state index contributed by atoms with van der Waals surface area (Å²) in [5.74, 6) is -5.52. The molecule has 8 N–H and O–H groups in total. The Morgan fingerprint density at radius 3 is 2.20 bits per heavy atom. The smallest absolute Gasteiger partial charge is 0.319 e. The number of carboxylic acids is 1. The molecule has 370 valence electrons. The van der Waals surface area contributed by atoms with Gasteiger partial charge in [-0.15, -0.1) is 0 Å². The van der Waals surface area contributed by atoms with Crippen molar-refractivity contribution in [2.24, 2.45) is 11.1 Å². The van der Waals surface area contributed by atoms with Crippen LogP contribution in [0.3, 0.4) is 0 Å². The topological polar surface area (TPSA) is 272 Å². The first-order chi connectivity index (χ1) is 33.6. The summed E-state index contributed by atoms with van der Waals surface area (Å²) in [5, 5.41) is 23.3. The molecule has 6 rings (SSSR count). The first-order valence-electron chi connectivity index (χ1n) is 23.1. The van der Waals surface area contributed by atoms with Crippen LogP contribution in [0.25, 0.3) is 11.1 Å². The normalized spacial score (nSPS) is 20.2. The number of carboxylic acid groups (broad SMARTS) is 1. The van der Waals surface area contributed by atoms with E-state index in [1.165, 1.54) is 17.0 Å². The molecule has 2 aliphatic heterocycles. The molecule has 1 saturated heterocycles. The summed E-state index contributed by atoms with van der Waals surface area (Å²) in [6, 6.07) is 27.2. The molecule has 0 aromatic heterocycles. The van der Waals surface area contributed by atoms with Crippen molar-refractivity contribution >= 4 is 51.2 Å². The SMILES string of the molecule is NCCOCCNC(=O)[C@@H]1CCNC(=O)/C=C/C(=O)N2CCC[C@](Cc3ccccc3)(C2)C(=O)N[C@@H](Cc2ccc(-c3ccc(S(=O)(=O)CC(=O)O)cc3)cc2)C(=O)NCc2ccccc2CC(=O)N1. The van der Waals surface area contributed by atoms with Gasteiger partial charge in [0, 0.05) is 57.8 Å². The van der Waals surface area contributed by atoms with Crippen molar-refractivity contribution in [2.45, 2.75) is 62.0 Å². The third kappa shape index (κ3) is 14.9. The van der Waals surface area contributed by atoms with Gasteiger partial charge in [-0.3, -0.25) is 33.6 Å². The predicted molar refractivity (Wildman–Crippen MR) is 259 cm³/mol. The highest BCUT2D eigenvalue weighted by Gasteiger charge is 2.44. The second-order valence-electron chi connectivity index (χ2n) is 17.3. The summed E-state index contributed by atoms with van der Waals surface area (Å²) in [6.07, 6.45) is 3.24. The molecule has 3 atom stereocenters. The predicted octanol–water partition coefficient (Wildman–Crippen LogP) is 1.60. The first kappa shape index (κ1) is 52.2. The lowest BCUT2D eigenvalue weighted by Crippen LogP contribution is -2.58. The van der Waals surface area contributed by atoms with Crippen LogP contribution in [0.2, 0.25) is 0 Å². The van der Waals surface area contributed by atoms with Crippen LogP contribution in [-0.2, 0) is 73.9 Å². The average Bonchev–Trinajstić information content (AvgIpc) is 3.34. The van der Waals surface area contributed by atoms with Gasteiger partial charge in [-0.25, -0.2) is 8.42 Å². The van der Waals surface area contributed by atoms with Gasteiger partial charge >= 0.3 is 5.97 Å². The molecule has 0 aliphatic carbocycles. The number of benzene rings is 4. The number of sulfone groups is 1. The van der Waals surface area contributed by atoms with Crippen molar-refractivity contribution < 1.29 is 51.8 Å². The largest absolute Gasteiger partial charge is 0.480 e. The third-order valence-electron chi connectivity index (χ3n) is 12.1. The molecule has 2 heterocycles. The van der Waals surface area contributed by atoms with Gasteiger partial charge in [0.1, 0.15) is 12.1 Å². The second-order valence-corrected chi connectivity index (χ2v) is 19.3. The summed E-state index contributed by atoms with van der Waals surface area (Å²) in [5.41, 5.74) is 8.38. The summed E-state index contributed by atoms with van der Waals surface area (Å²) in [6.45, 7) is 1.26. The zero-order valence-corrected chi connectivity index (χ0v) is 39.5. The van der Waals surface area contributed by atoms with E-state index in [2.05, 4.69) is 26.6 Å². The van der Waals surface area contributed by atoms with E-state index < -0.39 is 74.5 Å². The molecular weight excluding hydrogens is 919 g/mol. The van der Waals surface area contributed by atoms with Gasteiger partial charge < -0.3 is 47.1 Å². The maximum Gasteiger partial charge on any atom is 0.319 e. The molecule has 0 saturated carbocycles. The number of piperidine rings is 1. The lowest BCUT2D eigenvalue weighted by Gasteiger charge is -2.42. The van der Waals surface area contributed by atoms with Crippen LogP contribution >= 0.6 is 0 Å². The molecular formula is C51H59N7O11S. The van der Waals surface area contributed by atoms with Gasteiger partial charge in [0.15, 0.2) is 15.6 Å². The monoisotopic (exact) mass is 977 g/mol. The van der Waals surface area contributed by atoms with Crippen LogP contribution in [0.4, 0.5) is 0 Å². The average molecular weight is 978 g/mol. The lowest BCUT2D eigenvalue weighted by molar-refractivity contribution is -0.141. The Bertz CT molecular complexity index is 2650. The minimum Gasteiger partial charge on any atom is -0.480 e. The van der Waals surface area contributed by atoms with E-state index in [-0.39, 0.29) is 63.4 Å². The van der Waals surface area contributed by atoms with Crippen molar-refractivity contribution in [3.05, 3.63) is 138 Å². The van der Waals surface area contributed by atoms with Gasteiger partial charge in [-0.05, 0) is 71.2 Å². The number of nitrogens with two attached hydrogens (primary N) is 1. The molecule has 18 nitrogen and oxygen atoms in total. The summed E-state index contributed by atoms with van der Waals surface area (Å²) < 4.78 is 30.3. The Kier molecular flexibility index (Phi) is 18.5. The Labute approximate surface area is 406 Å². The fourth-order valence-electron chi connectivity index (χ4n) is 8.51. The number of rotatable bonds is 14. The van der Waals surface area contributed by atoms with E-state index in [4.69, 9.17) is 15.6 Å². The van der Waals surface area contributed by atoms with Crippen LogP contribution in [0.5, 0.6) is 0 Å². The summed E-state index contributed by atoms with van der Waals surface area (Å²) >= 11 is 0. The first-order valence-corrected chi connectivity index (χ1v) is 24.7. The molecule has 2 aliphatic rings. The number of nitrogens with one attached hydrogen (secondary N) is 5. The number of nitrogens with zero attached hydrogens (tertiary/aromatic N) is 1. The van der Waals surface area contributed by atoms with Gasteiger partial charge in [-0.2, -0.15) is 0 Å². The van der Waals surface area contributed by atoms with Crippen LogP contribution in [0.1, 0.15) is 41.5 Å². The Morgan fingerprint density at radius 2 is 1.50 bits per heavy atom. The quantitative estimate of drug-likeness (QED) is 0.0889. The van der Waals surface area contributed by atoms with E-state index in [1.54, 1.807) is 60.7 Å². The lowest BCUT2D eigenvalue weighted by atomic mass is 9.74. The van der Waals surface area contributed by atoms with Gasteiger partial charge in [0.2, 0.25) is 35.4 Å². The molecule has 0 spiro atoms. The molecule has 19 heteroatoms. The number of aliphatic carboxylic acids is 1. The fourth-order valence-corrected chi connectivity index (χ4v) is 9.55. The molecule has 70 heavy (non-hydrogen) atoms. The molecule has 0 unspecified atom stereocenters. The van der Waals surface area contributed by atoms with E-state index >= 15 is 0 Å². The minimum absolute atomic E-state index is 0.000911. The molecule has 4 aromatic carbocycles. The van der Waals surface area contributed by atoms with E-state index in [9.17, 15) is 42.0 Å². The van der Waals surface area contributed by atoms with Crippen molar-refractivity contribution in [3.8, 4) is 11.1 Å². The minimum atomic E-state index is -4.03. The highest BCUT2D eigenvalue weighted by Crippen LogP contribution is 2.35. The number of carbonyl (C=O) groups excluding carboxylic acids is 6. The van der Waals surface area contributed by atoms with Gasteiger partial charge in [-0.1, -0.05) is 91.0 Å². The van der Waals surface area contributed by atoms with Crippen molar-refractivity contribution in [1.29, 1.82) is 0 Å². The Hall–Kier alpha value is -7.22. The van der Waals surface area contributed by atoms with E-state index in [0.717, 1.165) is 17.7 Å². The van der Waals surface area contributed by atoms with E-state index in [0.29, 0.717) is 60.4 Å². The number of amides is 6. The number of hydrogen-bond donors (Lipinski definition) is 7. The maximum atomic E-state index is 14.9. The van der Waals surface area contributed by atoms with Crippen LogP contribution < -0.4 is 32.3 Å². The zero-order valence-electron chi connectivity index (χ0n) is 38.7. The van der Waals surface area contributed by atoms with Crippen LogP contribution in [-0.4, -0.2) is 124 Å². The summed E-state index contributed by atoms with van der Waals surface area (Å²) in [4.78, 5) is 95.6. The number of hydrogen-bond acceptors (Lipinski definition) is 11. The number of ether oxygens (including phenoxy) is 1. The van der Waals surface area contributed by atoms with Crippen molar-refractivity contribution in [2.75, 3.05) is 51.7 Å². The molecule has 4 aromatic rings. The zero-order chi connectivity index (χ0) is 50.1. The Balaban J connectivity index is 1.30. The van der Waals surface area contributed by atoms with Gasteiger partial charge in [0.25, 0.3) is 0 Å². The van der Waals surface area contributed by atoms with E-state index in [1.807, 2.05) is 30.3 Å². The number of carbonyl (C=O) groups is 7. The highest BCUT2D eigenvalue weighted by atomic mass is 32.2. The molecule has 6 amide bonds. The second kappa shape index (κ2) is 24.9. The van der Waals surface area contributed by atoms with Crippen molar-refractivity contribution in [3.63, 3.8) is 0 Å². The van der Waals surface area contributed by atoms with Crippen LogP contribution in [0.15, 0.2) is 120 Å². The number of fused-ring (bicyclic) bond motifs is 3. The summed E-state index contributed by atoms with van der Waals surface area (Å²) in [7, 11) is -4.03. The van der Waals surface area contributed by atoms with Gasteiger partial charge in [0.05, 0.1) is 29.9 Å². The molecule has 2 bridgehead atoms. The maximum absolute atomic E-state index is 14.9. The van der Waals surface area contributed by atoms with Crippen molar-refractivity contribution in [1.82, 2.24) is 31.5 Å². The molecule has 1 fully saturated rings. The standard InChI is InChI=1S/C51H59N7O11S/c52-23-27-69-28-25-54-48(64)42-21-24-53-44(59)19-20-46(61)58-26-6-22-51(34-58,31-36-7-2-1-3-8-36)50(66)57-43(49(65)55-32-40-10-5-4-9-39(40)30-45(60)56-42)29-35-11-13-37(14-12-35)38-15-17-41(18-16-38)70(67,68)33-47(62)63/h1-5,7-20,42-43H,6,21-34,52H2,(H,53,59)(H,54,64)(H,55,65)(H,56,60)(H,57,66)(H,62,63)/b20-19+/t42-,43-,51-/m0/s1. The Morgan fingerprint density at radius 1 is 0.814 bits per heavy atom. The highest BCUT2D eigenvalue weighted by molar-refractivity contribution is 7.92. The third-order valence-corrected chi connectivity index (χ3v) is 13.7. The van der Waals surface area contributed by atoms with Crippen LogP contribution in [0, 0.1) is 5.41 Å².